The van der Waals surface area contributed by atoms with Crippen molar-refractivity contribution in [1.82, 2.24) is 0 Å². The van der Waals surface area contributed by atoms with Crippen LogP contribution in [0.4, 0.5) is 5.00 Å². The molecule has 92 valence electrons. The first kappa shape index (κ1) is 11.3. The molecule has 0 bridgehead atoms. The largest absolute Gasteiger partial charge is 0.477 e. The van der Waals surface area contributed by atoms with Gasteiger partial charge in [0.25, 0.3) is 0 Å². The maximum atomic E-state index is 10.9. The molecule has 18 heavy (non-hydrogen) atoms. The molecular weight excluding hydrogens is 246 g/mol. The fourth-order valence-electron chi connectivity index (χ4n) is 2.30. The van der Waals surface area contributed by atoms with Crippen LogP contribution in [-0.2, 0) is 13.0 Å². The molecule has 2 aromatic rings. The second-order valence-electron chi connectivity index (χ2n) is 4.38. The molecule has 1 aliphatic rings. The minimum atomic E-state index is -0.844. The van der Waals surface area contributed by atoms with E-state index in [9.17, 15) is 4.79 Å². The predicted molar refractivity (Wildman–Crippen MR) is 72.5 cm³/mol. The summed E-state index contributed by atoms with van der Waals surface area (Å²) in [7, 11) is 0. The Morgan fingerprint density at radius 2 is 1.94 bits per heavy atom. The number of thiophene rings is 1. The van der Waals surface area contributed by atoms with Crippen LogP contribution in [0.25, 0.3) is 0 Å². The zero-order valence-electron chi connectivity index (χ0n) is 9.80. The lowest BCUT2D eigenvalue weighted by Crippen LogP contribution is -2.29. The fourth-order valence-corrected chi connectivity index (χ4v) is 3.17. The summed E-state index contributed by atoms with van der Waals surface area (Å²) in [5.41, 5.74) is 2.75. The molecule has 0 radical (unpaired) electrons. The highest BCUT2D eigenvalue weighted by atomic mass is 32.1. The number of rotatable bonds is 2. The van der Waals surface area contributed by atoms with Crippen LogP contribution in [0.1, 0.15) is 20.8 Å². The van der Waals surface area contributed by atoms with Crippen molar-refractivity contribution >= 4 is 22.3 Å². The maximum Gasteiger partial charge on any atom is 0.345 e. The smallest absolute Gasteiger partial charge is 0.345 e. The van der Waals surface area contributed by atoms with Crippen molar-refractivity contribution in [1.29, 1.82) is 0 Å². The van der Waals surface area contributed by atoms with Gasteiger partial charge in [-0.3, -0.25) is 0 Å². The van der Waals surface area contributed by atoms with E-state index in [1.807, 2.05) is 6.07 Å². The number of carbonyl (C=O) groups is 1. The van der Waals surface area contributed by atoms with Gasteiger partial charge in [0.1, 0.15) is 4.88 Å². The van der Waals surface area contributed by atoms with Crippen LogP contribution in [0.3, 0.4) is 0 Å². The minimum absolute atomic E-state index is 0.406. The molecular formula is C14H13NO2S. The lowest BCUT2D eigenvalue weighted by Gasteiger charge is -2.29. The molecule has 1 aromatic carbocycles. The van der Waals surface area contributed by atoms with Gasteiger partial charge in [0.05, 0.1) is 5.00 Å². The summed E-state index contributed by atoms with van der Waals surface area (Å²) in [6.07, 6.45) is 1.02. The van der Waals surface area contributed by atoms with Crippen molar-refractivity contribution in [2.24, 2.45) is 0 Å². The highest BCUT2D eigenvalue weighted by Crippen LogP contribution is 2.30. The van der Waals surface area contributed by atoms with Gasteiger partial charge in [-0.05, 0) is 29.7 Å². The SMILES string of the molecule is O=C(O)c1ccc(N2CCc3ccccc3C2)s1. The first-order valence-electron chi connectivity index (χ1n) is 5.89. The highest BCUT2D eigenvalue weighted by Gasteiger charge is 2.18. The van der Waals surface area contributed by atoms with Crippen LogP contribution < -0.4 is 4.90 Å². The summed E-state index contributed by atoms with van der Waals surface area (Å²) in [5, 5.41) is 9.99. The summed E-state index contributed by atoms with van der Waals surface area (Å²) in [6.45, 7) is 1.83. The molecule has 1 N–H and O–H groups in total. The minimum Gasteiger partial charge on any atom is -0.477 e. The molecule has 1 aromatic heterocycles. The Balaban J connectivity index is 1.85. The molecule has 0 fully saturated rings. The van der Waals surface area contributed by atoms with E-state index in [2.05, 4.69) is 29.2 Å². The first-order valence-corrected chi connectivity index (χ1v) is 6.70. The van der Waals surface area contributed by atoms with Crippen molar-refractivity contribution in [2.75, 3.05) is 11.4 Å². The molecule has 2 heterocycles. The van der Waals surface area contributed by atoms with Gasteiger partial charge in [0, 0.05) is 13.1 Å². The zero-order valence-corrected chi connectivity index (χ0v) is 10.6. The normalized spacial score (nSPS) is 14.3. The number of benzene rings is 1. The monoisotopic (exact) mass is 259 g/mol. The standard InChI is InChI=1S/C14H13NO2S/c16-14(17)12-5-6-13(18-12)15-8-7-10-3-1-2-4-11(10)9-15/h1-6H,7-9H2,(H,16,17). The predicted octanol–water partition coefficient (Wildman–Crippen LogP) is 3.01. The lowest BCUT2D eigenvalue weighted by atomic mass is 10.0. The highest BCUT2D eigenvalue weighted by molar-refractivity contribution is 7.17. The van der Waals surface area contributed by atoms with Crippen LogP contribution in [0.5, 0.6) is 0 Å². The number of carboxylic acid groups (broad SMARTS) is 1. The van der Waals surface area contributed by atoms with E-state index in [0.29, 0.717) is 4.88 Å². The van der Waals surface area contributed by atoms with Gasteiger partial charge < -0.3 is 10.0 Å². The molecule has 0 aliphatic carbocycles. The molecule has 3 rings (SSSR count). The third kappa shape index (κ3) is 1.99. The average molecular weight is 259 g/mol. The number of hydrogen-bond donors (Lipinski definition) is 1. The van der Waals surface area contributed by atoms with Gasteiger partial charge in [-0.1, -0.05) is 24.3 Å². The van der Waals surface area contributed by atoms with Gasteiger partial charge in [-0.15, -0.1) is 11.3 Å². The van der Waals surface area contributed by atoms with E-state index in [0.717, 1.165) is 24.5 Å². The molecule has 0 saturated heterocycles. The number of anilines is 1. The van der Waals surface area contributed by atoms with Crippen molar-refractivity contribution in [3.63, 3.8) is 0 Å². The number of carboxylic acids is 1. The topological polar surface area (TPSA) is 40.5 Å². The third-order valence-corrected chi connectivity index (χ3v) is 4.38. The van der Waals surface area contributed by atoms with Crippen LogP contribution >= 0.6 is 11.3 Å². The quantitative estimate of drug-likeness (QED) is 0.901. The van der Waals surface area contributed by atoms with Crippen molar-refractivity contribution < 1.29 is 9.90 Å². The Morgan fingerprint density at radius 3 is 2.67 bits per heavy atom. The molecule has 0 atom stereocenters. The zero-order chi connectivity index (χ0) is 12.5. The summed E-state index contributed by atoms with van der Waals surface area (Å²) in [4.78, 5) is 13.5. The summed E-state index contributed by atoms with van der Waals surface area (Å²) in [6, 6.07) is 12.0. The van der Waals surface area contributed by atoms with E-state index >= 15 is 0 Å². The van der Waals surface area contributed by atoms with Gasteiger partial charge in [-0.2, -0.15) is 0 Å². The van der Waals surface area contributed by atoms with Crippen molar-refractivity contribution in [2.45, 2.75) is 13.0 Å². The van der Waals surface area contributed by atoms with E-state index in [4.69, 9.17) is 5.11 Å². The Kier molecular flexibility index (Phi) is 2.80. The van der Waals surface area contributed by atoms with Gasteiger partial charge >= 0.3 is 5.97 Å². The van der Waals surface area contributed by atoms with E-state index in [1.54, 1.807) is 6.07 Å². The Labute approximate surface area is 109 Å². The summed E-state index contributed by atoms with van der Waals surface area (Å²) >= 11 is 1.35. The van der Waals surface area contributed by atoms with Crippen molar-refractivity contribution in [3.8, 4) is 0 Å². The van der Waals surface area contributed by atoms with Crippen LogP contribution in [0.2, 0.25) is 0 Å². The number of nitrogens with zero attached hydrogens (tertiary/aromatic N) is 1. The second-order valence-corrected chi connectivity index (χ2v) is 5.45. The lowest BCUT2D eigenvalue weighted by molar-refractivity contribution is 0.0702. The fraction of sp³-hybridized carbons (Fsp3) is 0.214. The van der Waals surface area contributed by atoms with Crippen LogP contribution in [-0.4, -0.2) is 17.6 Å². The van der Waals surface area contributed by atoms with E-state index < -0.39 is 5.97 Å². The molecule has 0 saturated carbocycles. The Hall–Kier alpha value is -1.81. The average Bonchev–Trinajstić information content (AvgIpc) is 2.88. The molecule has 0 amide bonds. The second kappa shape index (κ2) is 4.46. The molecule has 4 heteroatoms. The number of aromatic carboxylic acids is 1. The van der Waals surface area contributed by atoms with Gasteiger partial charge in [0.2, 0.25) is 0 Å². The Morgan fingerprint density at radius 1 is 1.17 bits per heavy atom. The first-order chi connectivity index (χ1) is 8.74. The number of hydrogen-bond acceptors (Lipinski definition) is 3. The Bertz CT molecular complexity index is 591. The molecule has 1 aliphatic heterocycles. The molecule has 3 nitrogen and oxygen atoms in total. The third-order valence-electron chi connectivity index (χ3n) is 3.24. The van der Waals surface area contributed by atoms with Crippen LogP contribution in [0.15, 0.2) is 36.4 Å². The number of fused-ring (bicyclic) bond motifs is 1. The molecule has 0 spiro atoms. The summed E-state index contributed by atoms with van der Waals surface area (Å²) < 4.78 is 0. The van der Waals surface area contributed by atoms with Gasteiger partial charge in [-0.25, -0.2) is 4.79 Å². The maximum absolute atomic E-state index is 10.9. The van der Waals surface area contributed by atoms with Crippen molar-refractivity contribution in [3.05, 3.63) is 52.4 Å². The van der Waals surface area contributed by atoms with E-state index in [-0.39, 0.29) is 0 Å². The van der Waals surface area contributed by atoms with Gasteiger partial charge in [0.15, 0.2) is 0 Å². The van der Waals surface area contributed by atoms with Crippen LogP contribution in [0, 0.1) is 0 Å². The molecule has 0 unspecified atom stereocenters. The summed E-state index contributed by atoms with van der Waals surface area (Å²) in [5.74, 6) is -0.844. The van der Waals surface area contributed by atoms with E-state index in [1.165, 1.54) is 22.5 Å².